The molecule has 2 aromatic rings. The molecule has 0 fully saturated rings. The van der Waals surface area contributed by atoms with Crippen LogP contribution in [0, 0.1) is 16.0 Å². The third-order valence-electron chi connectivity index (χ3n) is 4.81. The van der Waals surface area contributed by atoms with Crippen LogP contribution in [-0.2, 0) is 14.3 Å². The number of nitrogens with one attached hydrogen (secondary N) is 1. The number of non-ortho nitro benzene ring substituents is 1. The number of benzene rings is 2. The molecule has 32 heavy (non-hydrogen) atoms. The van der Waals surface area contributed by atoms with E-state index in [9.17, 15) is 24.5 Å². The van der Waals surface area contributed by atoms with Crippen LogP contribution in [0.2, 0.25) is 0 Å². The van der Waals surface area contributed by atoms with Crippen molar-refractivity contribution in [1.29, 1.82) is 0 Å². The van der Waals surface area contributed by atoms with Crippen LogP contribution in [0.15, 0.2) is 42.5 Å². The number of hydrogen-bond acceptors (Lipinski definition) is 7. The van der Waals surface area contributed by atoms with Crippen molar-refractivity contribution in [3.05, 3.63) is 58.1 Å². The average molecular weight is 441 g/mol. The number of ether oxygens (including phenoxy) is 2. The molecule has 2 aromatic carbocycles. The lowest BCUT2D eigenvalue weighted by Gasteiger charge is -2.35. The molecule has 3 rings (SSSR count). The molecule has 1 aliphatic heterocycles. The summed E-state index contributed by atoms with van der Waals surface area (Å²) in [5, 5.41) is 13.8. The van der Waals surface area contributed by atoms with Crippen molar-refractivity contribution in [2.45, 2.75) is 26.9 Å². The maximum Gasteiger partial charge on any atom is 0.340 e. The first kappa shape index (κ1) is 22.7. The van der Waals surface area contributed by atoms with Gasteiger partial charge in [0.15, 0.2) is 11.9 Å². The summed E-state index contributed by atoms with van der Waals surface area (Å²) in [6.45, 7) is 5.05. The molecular weight excluding hydrogens is 418 g/mol. The number of carbonyl (C=O) groups is 3. The molecule has 10 nitrogen and oxygen atoms in total. The largest absolute Gasteiger partial charge is 0.478 e. The summed E-state index contributed by atoms with van der Waals surface area (Å²) in [5.74, 6) is -1.65. The maximum atomic E-state index is 13.0. The standard InChI is InChI=1S/C22H23N3O7/c1-4-31-22(28)15-7-5-6-8-16(15)23-19(26)12-24-17-10-9-14(25(29)30)11-18(17)32-20(13(2)3)21(24)27/h5-11,13,20H,4,12H2,1-3H3,(H,23,26). The Bertz CT molecular complexity index is 1070. The van der Waals surface area contributed by atoms with Crippen LogP contribution in [0.3, 0.4) is 0 Å². The van der Waals surface area contributed by atoms with Gasteiger partial charge in [-0.25, -0.2) is 4.79 Å². The molecule has 10 heteroatoms. The Labute approximate surface area is 184 Å². The number of nitrogens with zero attached hydrogens (tertiary/aromatic N) is 2. The zero-order valence-corrected chi connectivity index (χ0v) is 17.9. The van der Waals surface area contributed by atoms with Crippen molar-refractivity contribution >= 4 is 34.8 Å². The van der Waals surface area contributed by atoms with Gasteiger partial charge in [-0.15, -0.1) is 0 Å². The second kappa shape index (κ2) is 9.46. The minimum atomic E-state index is -0.899. The summed E-state index contributed by atoms with van der Waals surface area (Å²) in [4.78, 5) is 49.8. The lowest BCUT2D eigenvalue weighted by atomic mass is 10.0. The predicted octanol–water partition coefficient (Wildman–Crippen LogP) is 3.16. The van der Waals surface area contributed by atoms with Crippen LogP contribution >= 0.6 is 0 Å². The van der Waals surface area contributed by atoms with Gasteiger partial charge in [0, 0.05) is 6.07 Å². The number of anilines is 2. The van der Waals surface area contributed by atoms with E-state index >= 15 is 0 Å². The highest BCUT2D eigenvalue weighted by Crippen LogP contribution is 2.38. The van der Waals surface area contributed by atoms with Crippen molar-refractivity contribution in [2.75, 3.05) is 23.4 Å². The molecule has 168 valence electrons. The summed E-state index contributed by atoms with van der Waals surface area (Å²) < 4.78 is 10.7. The number of hydrogen-bond donors (Lipinski definition) is 1. The summed E-state index contributed by atoms with van der Waals surface area (Å²) in [6, 6.07) is 10.2. The summed E-state index contributed by atoms with van der Waals surface area (Å²) in [5.41, 5.74) is 0.507. The molecule has 1 heterocycles. The van der Waals surface area contributed by atoms with Crippen LogP contribution < -0.4 is 15.0 Å². The number of nitro benzene ring substituents is 1. The highest BCUT2D eigenvalue weighted by atomic mass is 16.6. The van der Waals surface area contributed by atoms with Gasteiger partial charge in [-0.3, -0.25) is 24.6 Å². The predicted molar refractivity (Wildman–Crippen MR) is 116 cm³/mol. The highest BCUT2D eigenvalue weighted by Gasteiger charge is 2.38. The molecular formula is C22H23N3O7. The van der Waals surface area contributed by atoms with Crippen molar-refractivity contribution in [3.63, 3.8) is 0 Å². The van der Waals surface area contributed by atoms with Crippen LogP contribution in [0.4, 0.5) is 17.1 Å². The molecule has 1 N–H and O–H groups in total. The Morgan fingerprint density at radius 3 is 2.62 bits per heavy atom. The van der Waals surface area contributed by atoms with Gasteiger partial charge in [0.05, 0.1) is 34.5 Å². The molecule has 0 saturated heterocycles. The Morgan fingerprint density at radius 1 is 1.25 bits per heavy atom. The minimum absolute atomic E-state index is 0.150. The number of amides is 2. The van der Waals surface area contributed by atoms with Gasteiger partial charge in [-0.05, 0) is 31.0 Å². The zero-order chi connectivity index (χ0) is 23.4. The Kier molecular flexibility index (Phi) is 6.72. The average Bonchev–Trinajstić information content (AvgIpc) is 2.75. The number of para-hydroxylation sites is 1. The topological polar surface area (TPSA) is 128 Å². The quantitative estimate of drug-likeness (QED) is 0.397. The van der Waals surface area contributed by atoms with Gasteiger partial charge in [-0.1, -0.05) is 26.0 Å². The summed E-state index contributed by atoms with van der Waals surface area (Å²) in [7, 11) is 0. The van der Waals surface area contributed by atoms with Gasteiger partial charge < -0.3 is 14.8 Å². The molecule has 0 radical (unpaired) electrons. The molecule has 0 aromatic heterocycles. The van der Waals surface area contributed by atoms with Crippen molar-refractivity contribution in [3.8, 4) is 5.75 Å². The third kappa shape index (κ3) is 4.69. The number of esters is 1. The monoisotopic (exact) mass is 441 g/mol. The van der Waals surface area contributed by atoms with E-state index in [1.165, 1.54) is 29.2 Å². The fourth-order valence-corrected chi connectivity index (χ4v) is 3.29. The van der Waals surface area contributed by atoms with Gasteiger partial charge >= 0.3 is 5.97 Å². The lowest BCUT2D eigenvalue weighted by molar-refractivity contribution is -0.384. The Hall–Kier alpha value is -3.95. The zero-order valence-electron chi connectivity index (χ0n) is 17.9. The molecule has 2 amide bonds. The smallest absolute Gasteiger partial charge is 0.340 e. The van der Waals surface area contributed by atoms with Gasteiger partial charge in [0.25, 0.3) is 11.6 Å². The first-order valence-electron chi connectivity index (χ1n) is 10.0. The molecule has 0 spiro atoms. The molecule has 1 unspecified atom stereocenters. The van der Waals surface area contributed by atoms with E-state index in [0.717, 1.165) is 0 Å². The van der Waals surface area contributed by atoms with Crippen molar-refractivity contribution in [1.82, 2.24) is 0 Å². The molecule has 1 aliphatic rings. The van der Waals surface area contributed by atoms with Crippen LogP contribution in [0.25, 0.3) is 0 Å². The fourth-order valence-electron chi connectivity index (χ4n) is 3.29. The van der Waals surface area contributed by atoms with E-state index in [1.807, 2.05) is 0 Å². The maximum absolute atomic E-state index is 13.0. The van der Waals surface area contributed by atoms with E-state index in [1.54, 1.807) is 39.0 Å². The van der Waals surface area contributed by atoms with Gasteiger partial charge in [0.2, 0.25) is 5.91 Å². The van der Waals surface area contributed by atoms with Crippen molar-refractivity contribution in [2.24, 2.45) is 5.92 Å². The number of fused-ring (bicyclic) bond motifs is 1. The molecule has 1 atom stereocenters. The second-order valence-corrected chi connectivity index (χ2v) is 7.43. The van der Waals surface area contributed by atoms with E-state index in [-0.39, 0.29) is 47.4 Å². The van der Waals surface area contributed by atoms with Gasteiger partial charge in [0.1, 0.15) is 6.54 Å². The first-order chi connectivity index (χ1) is 15.2. The van der Waals surface area contributed by atoms with E-state index in [2.05, 4.69) is 5.32 Å². The van der Waals surface area contributed by atoms with E-state index < -0.39 is 28.8 Å². The van der Waals surface area contributed by atoms with E-state index in [0.29, 0.717) is 0 Å². The second-order valence-electron chi connectivity index (χ2n) is 7.43. The van der Waals surface area contributed by atoms with Crippen LogP contribution in [0.5, 0.6) is 5.75 Å². The number of rotatable bonds is 7. The van der Waals surface area contributed by atoms with Crippen LogP contribution in [-0.4, -0.2) is 42.0 Å². The summed E-state index contributed by atoms with van der Waals surface area (Å²) in [6.07, 6.45) is -0.899. The van der Waals surface area contributed by atoms with Gasteiger partial charge in [-0.2, -0.15) is 0 Å². The Morgan fingerprint density at radius 2 is 1.97 bits per heavy atom. The Balaban J connectivity index is 1.88. The van der Waals surface area contributed by atoms with E-state index in [4.69, 9.17) is 9.47 Å². The number of carbonyl (C=O) groups excluding carboxylic acids is 3. The SMILES string of the molecule is CCOC(=O)c1ccccc1NC(=O)CN1C(=O)C(C(C)C)Oc2cc([N+](=O)[O-])ccc21. The van der Waals surface area contributed by atoms with Crippen molar-refractivity contribution < 1.29 is 28.8 Å². The molecule has 0 saturated carbocycles. The highest BCUT2D eigenvalue weighted by molar-refractivity contribution is 6.08. The van der Waals surface area contributed by atoms with Crippen LogP contribution in [0.1, 0.15) is 31.1 Å². The third-order valence-corrected chi connectivity index (χ3v) is 4.81. The number of nitro groups is 1. The summed E-state index contributed by atoms with van der Waals surface area (Å²) >= 11 is 0. The minimum Gasteiger partial charge on any atom is -0.478 e. The fraction of sp³-hybridized carbons (Fsp3) is 0.318. The molecule has 0 aliphatic carbocycles. The molecule has 0 bridgehead atoms. The lowest BCUT2D eigenvalue weighted by Crippen LogP contribution is -2.50. The first-order valence-corrected chi connectivity index (χ1v) is 10.0. The normalized spacial score (nSPS) is 15.1.